The van der Waals surface area contributed by atoms with Gasteiger partial charge in [-0.05, 0) is 25.0 Å². The number of fused-ring (bicyclic) bond motifs is 4. The second kappa shape index (κ2) is 6.79. The van der Waals surface area contributed by atoms with Crippen LogP contribution in [0.4, 0.5) is 4.79 Å². The molecule has 0 radical (unpaired) electrons. The molecule has 3 amide bonds. The van der Waals surface area contributed by atoms with Crippen LogP contribution in [0.3, 0.4) is 0 Å². The molecule has 0 spiro atoms. The van der Waals surface area contributed by atoms with Gasteiger partial charge in [0, 0.05) is 31.6 Å². The van der Waals surface area contributed by atoms with Gasteiger partial charge in [-0.15, -0.1) is 0 Å². The van der Waals surface area contributed by atoms with E-state index in [1.807, 2.05) is 25.2 Å². The number of aryl methyl sites for hydroxylation is 1. The topological polar surface area (TPSA) is 79.3 Å². The minimum Gasteiger partial charge on any atom is -0.351 e. The fraction of sp³-hybridized carbons (Fsp3) is 0.500. The standard InChI is InChI=1S/C18H22ClN5O2/c1-23-15-7-3-6-13(19)16(15)14(22-23)8-20-18(26)24-9-11-4-2-5-12(10-24)21-17(11)25/h3,6-7,11-12H,2,4-5,8-10H2,1H3,(H,20,26)(H,21,25)/t11-,12+/m1/s1. The molecule has 2 aliphatic heterocycles. The number of urea groups is 1. The second-order valence-corrected chi connectivity index (χ2v) is 7.51. The van der Waals surface area contributed by atoms with Crippen LogP contribution in [0.15, 0.2) is 18.2 Å². The molecule has 2 N–H and O–H groups in total. The van der Waals surface area contributed by atoms with Gasteiger partial charge in [-0.25, -0.2) is 4.79 Å². The minimum absolute atomic E-state index is 0.0471. The van der Waals surface area contributed by atoms with E-state index < -0.39 is 0 Å². The zero-order valence-corrected chi connectivity index (χ0v) is 15.4. The van der Waals surface area contributed by atoms with Crippen LogP contribution in [0, 0.1) is 5.92 Å². The summed E-state index contributed by atoms with van der Waals surface area (Å²) in [7, 11) is 1.86. The Morgan fingerprint density at radius 2 is 2.23 bits per heavy atom. The normalized spacial score (nSPS) is 22.8. The molecule has 2 atom stereocenters. The largest absolute Gasteiger partial charge is 0.351 e. The third kappa shape index (κ3) is 3.11. The van der Waals surface area contributed by atoms with Crippen molar-refractivity contribution in [2.24, 2.45) is 13.0 Å². The van der Waals surface area contributed by atoms with E-state index in [1.54, 1.807) is 9.58 Å². The molecule has 8 heteroatoms. The molecular formula is C18H22ClN5O2. The number of benzene rings is 1. The first kappa shape index (κ1) is 17.1. The molecule has 2 aromatic rings. The number of amides is 3. The second-order valence-electron chi connectivity index (χ2n) is 7.10. The summed E-state index contributed by atoms with van der Waals surface area (Å²) in [6, 6.07) is 5.54. The van der Waals surface area contributed by atoms with Crippen molar-refractivity contribution in [3.63, 3.8) is 0 Å². The highest BCUT2D eigenvalue weighted by Gasteiger charge is 2.34. The van der Waals surface area contributed by atoms with Gasteiger partial charge in [-0.2, -0.15) is 5.10 Å². The van der Waals surface area contributed by atoms with E-state index in [0.717, 1.165) is 35.9 Å². The molecule has 0 unspecified atom stereocenters. The summed E-state index contributed by atoms with van der Waals surface area (Å²) in [6.07, 6.45) is 2.79. The van der Waals surface area contributed by atoms with Gasteiger partial charge >= 0.3 is 6.03 Å². The predicted molar refractivity (Wildman–Crippen MR) is 98.8 cm³/mol. The van der Waals surface area contributed by atoms with E-state index in [2.05, 4.69) is 15.7 Å². The van der Waals surface area contributed by atoms with Crippen LogP contribution in [-0.4, -0.2) is 45.8 Å². The Morgan fingerprint density at radius 3 is 3.08 bits per heavy atom. The first-order chi connectivity index (χ1) is 12.5. The van der Waals surface area contributed by atoms with Crippen LogP contribution in [0.1, 0.15) is 25.0 Å². The minimum atomic E-state index is -0.163. The third-order valence-corrected chi connectivity index (χ3v) is 5.61. The van der Waals surface area contributed by atoms with Crippen LogP contribution in [0.2, 0.25) is 5.02 Å². The average molecular weight is 376 g/mol. The Kier molecular flexibility index (Phi) is 4.48. The van der Waals surface area contributed by atoms with Crippen LogP contribution in [-0.2, 0) is 18.4 Å². The summed E-state index contributed by atoms with van der Waals surface area (Å²) in [5.41, 5.74) is 1.67. The molecule has 4 rings (SSSR count). The number of nitrogens with zero attached hydrogens (tertiary/aromatic N) is 3. The average Bonchev–Trinajstić information content (AvgIpc) is 2.72. The zero-order valence-electron chi connectivity index (χ0n) is 14.7. The Bertz CT molecular complexity index is 865. The lowest BCUT2D eigenvalue weighted by Gasteiger charge is -2.27. The molecule has 7 nitrogen and oxygen atoms in total. The highest BCUT2D eigenvalue weighted by molar-refractivity contribution is 6.35. The quantitative estimate of drug-likeness (QED) is 0.843. The van der Waals surface area contributed by atoms with Crippen LogP contribution >= 0.6 is 11.6 Å². The molecule has 2 bridgehead atoms. The molecule has 2 saturated heterocycles. The summed E-state index contributed by atoms with van der Waals surface area (Å²) < 4.78 is 1.77. The van der Waals surface area contributed by atoms with Gasteiger partial charge in [-0.3, -0.25) is 9.48 Å². The van der Waals surface area contributed by atoms with E-state index in [-0.39, 0.29) is 23.9 Å². The monoisotopic (exact) mass is 375 g/mol. The van der Waals surface area contributed by atoms with Gasteiger partial charge in [0.2, 0.25) is 5.91 Å². The lowest BCUT2D eigenvalue weighted by atomic mass is 9.99. The van der Waals surface area contributed by atoms with Crippen LogP contribution in [0.5, 0.6) is 0 Å². The van der Waals surface area contributed by atoms with Gasteiger partial charge in [0.25, 0.3) is 0 Å². The molecular weight excluding hydrogens is 354 g/mol. The maximum Gasteiger partial charge on any atom is 0.317 e. The first-order valence-electron chi connectivity index (χ1n) is 8.96. The fourth-order valence-electron chi connectivity index (χ4n) is 3.96. The molecule has 0 saturated carbocycles. The number of nitrogens with one attached hydrogen (secondary N) is 2. The fourth-order valence-corrected chi connectivity index (χ4v) is 4.24. The van der Waals surface area contributed by atoms with Crippen molar-refractivity contribution in [3.05, 3.63) is 28.9 Å². The van der Waals surface area contributed by atoms with E-state index in [1.165, 1.54) is 0 Å². The Labute approximate surface area is 156 Å². The maximum atomic E-state index is 12.7. The molecule has 1 aromatic carbocycles. The lowest BCUT2D eigenvalue weighted by Crippen LogP contribution is -2.46. The number of carbonyl (C=O) groups is 2. The zero-order chi connectivity index (χ0) is 18.3. The van der Waals surface area contributed by atoms with E-state index in [9.17, 15) is 9.59 Å². The SMILES string of the molecule is Cn1nc(CNC(=O)N2C[C@@H]3CCC[C@H](C2)C(=O)N3)c2c(Cl)cccc21. The van der Waals surface area contributed by atoms with Gasteiger partial charge in [0.05, 0.1) is 28.7 Å². The number of hydrogen-bond donors (Lipinski definition) is 2. The molecule has 3 heterocycles. The molecule has 2 fully saturated rings. The van der Waals surface area contributed by atoms with Gasteiger partial charge in [-0.1, -0.05) is 24.1 Å². The third-order valence-electron chi connectivity index (χ3n) is 5.30. The van der Waals surface area contributed by atoms with Gasteiger partial charge < -0.3 is 15.5 Å². The van der Waals surface area contributed by atoms with Crippen LogP contribution < -0.4 is 10.6 Å². The van der Waals surface area contributed by atoms with E-state index in [0.29, 0.717) is 24.7 Å². The summed E-state index contributed by atoms with van der Waals surface area (Å²) in [6.45, 7) is 1.32. The van der Waals surface area contributed by atoms with Crippen molar-refractivity contribution in [1.82, 2.24) is 25.3 Å². The molecule has 1 aromatic heterocycles. The van der Waals surface area contributed by atoms with Crippen molar-refractivity contribution in [1.29, 1.82) is 0 Å². The van der Waals surface area contributed by atoms with E-state index in [4.69, 9.17) is 11.6 Å². The van der Waals surface area contributed by atoms with Crippen LogP contribution in [0.25, 0.3) is 10.9 Å². The van der Waals surface area contributed by atoms with Crippen molar-refractivity contribution >= 4 is 34.4 Å². The smallest absolute Gasteiger partial charge is 0.317 e. The Hall–Kier alpha value is -2.28. The first-order valence-corrected chi connectivity index (χ1v) is 9.34. The molecule has 2 aliphatic rings. The molecule has 138 valence electrons. The molecule has 26 heavy (non-hydrogen) atoms. The Morgan fingerprint density at radius 1 is 1.38 bits per heavy atom. The van der Waals surface area contributed by atoms with Gasteiger partial charge in [0.1, 0.15) is 0 Å². The molecule has 0 aliphatic carbocycles. The summed E-state index contributed by atoms with van der Waals surface area (Å²) >= 11 is 6.32. The summed E-state index contributed by atoms with van der Waals surface area (Å²) in [4.78, 5) is 26.6. The number of aromatic nitrogens is 2. The summed E-state index contributed by atoms with van der Waals surface area (Å²) in [5.74, 6) is -0.0383. The van der Waals surface area contributed by atoms with Gasteiger partial charge in [0.15, 0.2) is 0 Å². The van der Waals surface area contributed by atoms with Crippen molar-refractivity contribution in [2.45, 2.75) is 31.8 Å². The lowest BCUT2D eigenvalue weighted by molar-refractivity contribution is -0.124. The highest BCUT2D eigenvalue weighted by atomic mass is 35.5. The number of halogens is 1. The highest BCUT2D eigenvalue weighted by Crippen LogP contribution is 2.26. The number of likely N-dealkylation sites (tertiary alicyclic amines) is 1. The van der Waals surface area contributed by atoms with Crippen molar-refractivity contribution < 1.29 is 9.59 Å². The predicted octanol–water partition coefficient (Wildman–Crippen LogP) is 2.04. The van der Waals surface area contributed by atoms with E-state index >= 15 is 0 Å². The maximum absolute atomic E-state index is 12.7. The number of hydrogen-bond acceptors (Lipinski definition) is 3. The van der Waals surface area contributed by atoms with Crippen molar-refractivity contribution in [2.75, 3.05) is 13.1 Å². The van der Waals surface area contributed by atoms with Crippen molar-refractivity contribution in [3.8, 4) is 0 Å². The number of carbonyl (C=O) groups excluding carboxylic acids is 2. The summed E-state index contributed by atoms with van der Waals surface area (Å²) in [5, 5.41) is 12.0. The Balaban J connectivity index is 1.49. The number of rotatable bonds is 2.